The Morgan fingerprint density at radius 1 is 1.19 bits per heavy atom. The minimum atomic E-state index is 0.211. The van der Waals surface area contributed by atoms with Crippen LogP contribution in [-0.2, 0) is 4.79 Å². The van der Waals surface area contributed by atoms with Crippen molar-refractivity contribution in [1.29, 1.82) is 0 Å². The molecule has 0 bridgehead atoms. The normalized spacial score (nSPS) is 15.2. The second-order valence-electron chi connectivity index (χ2n) is 4.79. The molecule has 0 radical (unpaired) electrons. The van der Waals surface area contributed by atoms with Gasteiger partial charge in [0, 0.05) is 43.4 Å². The number of thiazole rings is 1. The van der Waals surface area contributed by atoms with Crippen LogP contribution in [0.3, 0.4) is 0 Å². The average molecular weight is 319 g/mol. The largest absolute Gasteiger partial charge is 0.368 e. The Morgan fingerprint density at radius 3 is 2.62 bits per heavy atom. The van der Waals surface area contributed by atoms with Gasteiger partial charge in [-0.1, -0.05) is 30.0 Å². The van der Waals surface area contributed by atoms with Crippen molar-refractivity contribution in [3.8, 4) is 0 Å². The summed E-state index contributed by atoms with van der Waals surface area (Å²) in [7, 11) is 0. The molecule has 0 spiro atoms. The molecule has 1 aromatic heterocycles. The highest BCUT2D eigenvalue weighted by molar-refractivity contribution is 8.01. The van der Waals surface area contributed by atoms with Crippen molar-refractivity contribution in [2.24, 2.45) is 0 Å². The van der Waals surface area contributed by atoms with Crippen LogP contribution in [0.1, 0.15) is 0 Å². The van der Waals surface area contributed by atoms with E-state index in [1.165, 1.54) is 17.4 Å². The molecule has 0 unspecified atom stereocenters. The zero-order valence-electron chi connectivity index (χ0n) is 11.6. The molecule has 21 heavy (non-hydrogen) atoms. The average Bonchev–Trinajstić information content (AvgIpc) is 3.07. The molecule has 1 aliphatic rings. The Bertz CT molecular complexity index is 566. The Kier molecular flexibility index (Phi) is 4.77. The maximum Gasteiger partial charge on any atom is 0.233 e. The number of thioether (sulfide) groups is 1. The van der Waals surface area contributed by atoms with Crippen LogP contribution in [0.25, 0.3) is 0 Å². The first kappa shape index (κ1) is 14.4. The van der Waals surface area contributed by atoms with Crippen LogP contribution in [0.5, 0.6) is 0 Å². The zero-order chi connectivity index (χ0) is 14.5. The van der Waals surface area contributed by atoms with Crippen molar-refractivity contribution >= 4 is 34.7 Å². The molecule has 0 saturated carbocycles. The van der Waals surface area contributed by atoms with E-state index in [1.807, 2.05) is 16.3 Å². The predicted octanol–water partition coefficient (Wildman–Crippen LogP) is 2.58. The number of amides is 1. The highest BCUT2D eigenvalue weighted by Crippen LogP contribution is 2.21. The van der Waals surface area contributed by atoms with Gasteiger partial charge in [-0.05, 0) is 12.1 Å². The molecular weight excluding hydrogens is 302 g/mol. The number of anilines is 1. The van der Waals surface area contributed by atoms with E-state index in [0.29, 0.717) is 5.75 Å². The summed E-state index contributed by atoms with van der Waals surface area (Å²) < 4.78 is 0.964. The van der Waals surface area contributed by atoms with Gasteiger partial charge >= 0.3 is 0 Å². The van der Waals surface area contributed by atoms with Gasteiger partial charge in [-0.25, -0.2) is 4.98 Å². The number of nitrogens with zero attached hydrogens (tertiary/aromatic N) is 3. The van der Waals surface area contributed by atoms with Gasteiger partial charge in [0.15, 0.2) is 0 Å². The van der Waals surface area contributed by atoms with Crippen LogP contribution >= 0.6 is 23.1 Å². The predicted molar refractivity (Wildman–Crippen MR) is 88.1 cm³/mol. The molecule has 1 fully saturated rings. The minimum Gasteiger partial charge on any atom is -0.368 e. The summed E-state index contributed by atoms with van der Waals surface area (Å²) in [4.78, 5) is 20.7. The lowest BCUT2D eigenvalue weighted by Crippen LogP contribution is -2.49. The molecule has 110 valence electrons. The highest BCUT2D eigenvalue weighted by atomic mass is 32.2. The number of aromatic nitrogens is 1. The van der Waals surface area contributed by atoms with Gasteiger partial charge in [-0.3, -0.25) is 4.79 Å². The summed E-state index contributed by atoms with van der Waals surface area (Å²) in [5.41, 5.74) is 1.24. The van der Waals surface area contributed by atoms with Crippen LogP contribution in [0.15, 0.2) is 46.2 Å². The molecule has 4 nitrogen and oxygen atoms in total. The number of piperazine rings is 1. The van der Waals surface area contributed by atoms with Gasteiger partial charge in [0.1, 0.15) is 4.34 Å². The third kappa shape index (κ3) is 3.77. The second-order valence-corrected chi connectivity index (χ2v) is 6.91. The fourth-order valence-corrected chi connectivity index (χ4v) is 3.89. The third-order valence-electron chi connectivity index (χ3n) is 3.48. The van der Waals surface area contributed by atoms with Crippen molar-refractivity contribution in [3.63, 3.8) is 0 Å². The van der Waals surface area contributed by atoms with E-state index in [4.69, 9.17) is 0 Å². The molecule has 2 aromatic rings. The SMILES string of the molecule is O=C(CSc1nccs1)N1CCN(c2ccccc2)CC1. The minimum absolute atomic E-state index is 0.211. The lowest BCUT2D eigenvalue weighted by atomic mass is 10.2. The van der Waals surface area contributed by atoms with Crippen molar-refractivity contribution in [3.05, 3.63) is 41.9 Å². The molecule has 6 heteroatoms. The molecule has 1 aromatic carbocycles. The number of para-hydroxylation sites is 1. The van der Waals surface area contributed by atoms with Crippen LogP contribution in [0, 0.1) is 0 Å². The number of carbonyl (C=O) groups excluding carboxylic acids is 1. The van der Waals surface area contributed by atoms with Crippen molar-refractivity contribution in [2.45, 2.75) is 4.34 Å². The molecule has 1 amide bonds. The summed E-state index contributed by atoms with van der Waals surface area (Å²) in [6.45, 7) is 3.40. The van der Waals surface area contributed by atoms with Crippen molar-refractivity contribution < 1.29 is 4.79 Å². The number of rotatable bonds is 4. The quantitative estimate of drug-likeness (QED) is 0.812. The Labute approximate surface area is 132 Å². The van der Waals surface area contributed by atoms with E-state index in [2.05, 4.69) is 34.1 Å². The van der Waals surface area contributed by atoms with E-state index in [9.17, 15) is 4.79 Å². The van der Waals surface area contributed by atoms with E-state index < -0.39 is 0 Å². The first-order valence-corrected chi connectivity index (χ1v) is 8.79. The van der Waals surface area contributed by atoms with Gasteiger partial charge in [-0.15, -0.1) is 11.3 Å². The summed E-state index contributed by atoms with van der Waals surface area (Å²) in [6, 6.07) is 10.4. The molecule has 0 aliphatic carbocycles. The molecule has 2 heterocycles. The van der Waals surface area contributed by atoms with E-state index in [0.717, 1.165) is 30.5 Å². The van der Waals surface area contributed by atoms with Crippen LogP contribution in [0.4, 0.5) is 5.69 Å². The summed E-state index contributed by atoms with van der Waals surface area (Å²) >= 11 is 3.11. The van der Waals surface area contributed by atoms with Crippen LogP contribution in [-0.4, -0.2) is 47.7 Å². The van der Waals surface area contributed by atoms with Crippen molar-refractivity contribution in [1.82, 2.24) is 9.88 Å². The van der Waals surface area contributed by atoms with Gasteiger partial charge in [0.2, 0.25) is 5.91 Å². The zero-order valence-corrected chi connectivity index (χ0v) is 13.3. The molecule has 0 atom stereocenters. The number of hydrogen-bond acceptors (Lipinski definition) is 5. The summed E-state index contributed by atoms with van der Waals surface area (Å²) in [5.74, 6) is 0.696. The molecule has 3 rings (SSSR count). The van der Waals surface area contributed by atoms with Crippen molar-refractivity contribution in [2.75, 3.05) is 36.8 Å². The molecular formula is C15H17N3OS2. The first-order chi connectivity index (χ1) is 10.3. The van der Waals surface area contributed by atoms with E-state index >= 15 is 0 Å². The van der Waals surface area contributed by atoms with Gasteiger partial charge in [0.25, 0.3) is 0 Å². The third-order valence-corrected chi connectivity index (χ3v) is 5.43. The number of carbonyl (C=O) groups is 1. The summed E-state index contributed by atoms with van der Waals surface area (Å²) in [6.07, 6.45) is 1.77. The Balaban J connectivity index is 1.48. The second kappa shape index (κ2) is 6.95. The maximum atomic E-state index is 12.2. The lowest BCUT2D eigenvalue weighted by molar-refractivity contribution is -0.128. The lowest BCUT2D eigenvalue weighted by Gasteiger charge is -2.36. The summed E-state index contributed by atoms with van der Waals surface area (Å²) in [5, 5.41) is 1.94. The van der Waals surface area contributed by atoms with Gasteiger partial charge in [-0.2, -0.15) is 0 Å². The Morgan fingerprint density at radius 2 is 1.95 bits per heavy atom. The molecule has 1 saturated heterocycles. The van der Waals surface area contributed by atoms with Crippen LogP contribution in [0.2, 0.25) is 0 Å². The fourth-order valence-electron chi connectivity index (χ4n) is 2.35. The van der Waals surface area contributed by atoms with Gasteiger partial charge in [0.05, 0.1) is 5.75 Å². The van der Waals surface area contributed by atoms with E-state index in [1.54, 1.807) is 17.5 Å². The Hall–Kier alpha value is -1.53. The standard InChI is InChI=1S/C15H17N3OS2/c19-14(12-21-15-16-6-11-20-15)18-9-7-17(8-10-18)13-4-2-1-3-5-13/h1-6,11H,7-10,12H2. The monoisotopic (exact) mass is 319 g/mol. The van der Waals surface area contributed by atoms with Crippen LogP contribution < -0.4 is 4.90 Å². The van der Waals surface area contributed by atoms with Gasteiger partial charge < -0.3 is 9.80 Å². The smallest absolute Gasteiger partial charge is 0.233 e. The highest BCUT2D eigenvalue weighted by Gasteiger charge is 2.21. The number of hydrogen-bond donors (Lipinski definition) is 0. The topological polar surface area (TPSA) is 36.4 Å². The molecule has 1 aliphatic heterocycles. The van der Waals surface area contributed by atoms with E-state index in [-0.39, 0.29) is 5.91 Å². The number of benzene rings is 1. The first-order valence-electron chi connectivity index (χ1n) is 6.93. The maximum absolute atomic E-state index is 12.2. The fraction of sp³-hybridized carbons (Fsp3) is 0.333. The molecule has 0 N–H and O–H groups in total.